The van der Waals surface area contributed by atoms with Crippen molar-refractivity contribution in [3.05, 3.63) is 52.8 Å². The molecule has 0 aliphatic rings. The van der Waals surface area contributed by atoms with Crippen molar-refractivity contribution >= 4 is 0 Å². The molecule has 1 aromatic carbocycles. The van der Waals surface area contributed by atoms with Gasteiger partial charge in [-0.1, -0.05) is 44.2 Å². The normalized spacial score (nSPS) is 14.4. The van der Waals surface area contributed by atoms with Gasteiger partial charge in [-0.15, -0.1) is 0 Å². The Hall–Kier alpha value is -1.61. The highest BCUT2D eigenvalue weighted by atomic mass is 15.3. The van der Waals surface area contributed by atoms with Crippen molar-refractivity contribution in [1.82, 2.24) is 15.1 Å². The highest BCUT2D eigenvalue weighted by Gasteiger charge is 2.29. The standard InChI is InChI=1S/C18H27N3/c1-12(2)18(21-15(5)13(3)14(4)20-21)17(19-6)16-10-8-7-9-11-16/h7-12,17-19H,1-6H3. The van der Waals surface area contributed by atoms with Crippen molar-refractivity contribution in [3.8, 4) is 0 Å². The van der Waals surface area contributed by atoms with Gasteiger partial charge >= 0.3 is 0 Å². The lowest BCUT2D eigenvalue weighted by atomic mass is 9.91. The number of nitrogens with zero attached hydrogens (tertiary/aromatic N) is 2. The fraction of sp³-hybridized carbons (Fsp3) is 0.500. The third-order valence-corrected chi connectivity index (χ3v) is 4.46. The molecular formula is C18H27N3. The van der Waals surface area contributed by atoms with Crippen LogP contribution < -0.4 is 5.32 Å². The predicted octanol–water partition coefficient (Wildman–Crippen LogP) is 3.97. The molecule has 0 saturated heterocycles. The second kappa shape index (κ2) is 6.44. The summed E-state index contributed by atoms with van der Waals surface area (Å²) in [7, 11) is 2.03. The zero-order chi connectivity index (χ0) is 15.6. The minimum absolute atomic E-state index is 0.253. The van der Waals surface area contributed by atoms with Crippen LogP contribution in [0, 0.1) is 26.7 Å². The molecule has 0 fully saturated rings. The molecule has 0 spiro atoms. The van der Waals surface area contributed by atoms with Crippen LogP contribution in [-0.4, -0.2) is 16.8 Å². The number of hydrogen-bond acceptors (Lipinski definition) is 2. The third kappa shape index (κ3) is 3.03. The largest absolute Gasteiger partial charge is 0.311 e. The van der Waals surface area contributed by atoms with Crippen LogP contribution in [0.1, 0.15) is 48.4 Å². The van der Waals surface area contributed by atoms with Crippen molar-refractivity contribution in [2.75, 3.05) is 7.05 Å². The molecule has 0 bridgehead atoms. The zero-order valence-electron chi connectivity index (χ0n) is 14.0. The van der Waals surface area contributed by atoms with E-state index in [2.05, 4.69) is 74.9 Å². The predicted molar refractivity (Wildman–Crippen MR) is 88.6 cm³/mol. The molecule has 2 atom stereocenters. The number of aromatic nitrogens is 2. The van der Waals surface area contributed by atoms with Crippen LogP contribution in [0.2, 0.25) is 0 Å². The number of likely N-dealkylation sites (N-methyl/N-ethyl adjacent to an activating group) is 1. The number of hydrogen-bond donors (Lipinski definition) is 1. The Morgan fingerprint density at radius 1 is 1.05 bits per heavy atom. The Morgan fingerprint density at radius 3 is 2.10 bits per heavy atom. The van der Waals surface area contributed by atoms with E-state index in [0.717, 1.165) is 5.69 Å². The summed E-state index contributed by atoms with van der Waals surface area (Å²) < 4.78 is 2.21. The molecule has 1 N–H and O–H groups in total. The summed E-state index contributed by atoms with van der Waals surface area (Å²) in [4.78, 5) is 0. The zero-order valence-corrected chi connectivity index (χ0v) is 14.0. The van der Waals surface area contributed by atoms with Crippen molar-refractivity contribution in [2.45, 2.75) is 46.7 Å². The van der Waals surface area contributed by atoms with Gasteiger partial charge in [-0.05, 0) is 44.9 Å². The van der Waals surface area contributed by atoms with E-state index in [1.54, 1.807) is 0 Å². The van der Waals surface area contributed by atoms with Gasteiger partial charge in [-0.2, -0.15) is 5.10 Å². The molecular weight excluding hydrogens is 258 g/mol. The molecule has 0 saturated carbocycles. The minimum atomic E-state index is 0.253. The van der Waals surface area contributed by atoms with Gasteiger partial charge in [0, 0.05) is 5.69 Å². The van der Waals surface area contributed by atoms with E-state index in [0.29, 0.717) is 12.0 Å². The lowest BCUT2D eigenvalue weighted by molar-refractivity contribution is 0.263. The van der Waals surface area contributed by atoms with Crippen LogP contribution in [0.5, 0.6) is 0 Å². The Labute approximate surface area is 128 Å². The van der Waals surface area contributed by atoms with Gasteiger partial charge in [0.25, 0.3) is 0 Å². The molecule has 114 valence electrons. The lowest BCUT2D eigenvalue weighted by Gasteiger charge is -2.32. The number of nitrogens with one attached hydrogen (secondary N) is 1. The van der Waals surface area contributed by atoms with Gasteiger partial charge in [0.1, 0.15) is 0 Å². The quantitative estimate of drug-likeness (QED) is 0.901. The maximum absolute atomic E-state index is 4.80. The minimum Gasteiger partial charge on any atom is -0.311 e. The van der Waals surface area contributed by atoms with E-state index in [-0.39, 0.29) is 6.04 Å². The maximum Gasteiger partial charge on any atom is 0.0739 e. The van der Waals surface area contributed by atoms with Crippen LogP contribution in [0.25, 0.3) is 0 Å². The molecule has 0 aliphatic heterocycles. The summed E-state index contributed by atoms with van der Waals surface area (Å²) in [6.07, 6.45) is 0. The summed E-state index contributed by atoms with van der Waals surface area (Å²) in [5.41, 5.74) is 5.00. The van der Waals surface area contributed by atoms with Gasteiger partial charge in [0.15, 0.2) is 0 Å². The highest BCUT2D eigenvalue weighted by molar-refractivity contribution is 5.25. The summed E-state index contributed by atoms with van der Waals surface area (Å²) in [5.74, 6) is 0.486. The maximum atomic E-state index is 4.80. The topological polar surface area (TPSA) is 29.9 Å². The average molecular weight is 285 g/mol. The summed E-state index contributed by atoms with van der Waals surface area (Å²) >= 11 is 0. The average Bonchev–Trinajstić information content (AvgIpc) is 2.72. The summed E-state index contributed by atoms with van der Waals surface area (Å²) in [5, 5.41) is 8.30. The van der Waals surface area contributed by atoms with E-state index >= 15 is 0 Å². The van der Waals surface area contributed by atoms with Crippen molar-refractivity contribution in [3.63, 3.8) is 0 Å². The summed E-state index contributed by atoms with van der Waals surface area (Å²) in [6, 6.07) is 11.2. The molecule has 1 aromatic heterocycles. The first-order valence-corrected chi connectivity index (χ1v) is 7.71. The van der Waals surface area contributed by atoms with Crippen LogP contribution in [0.4, 0.5) is 0 Å². The first-order chi connectivity index (χ1) is 9.97. The van der Waals surface area contributed by atoms with Crippen LogP contribution in [-0.2, 0) is 0 Å². The molecule has 0 radical (unpaired) electrons. The number of rotatable bonds is 5. The Kier molecular flexibility index (Phi) is 4.84. The Bertz CT molecular complexity index is 584. The van der Waals surface area contributed by atoms with Gasteiger partial charge in [0.2, 0.25) is 0 Å². The molecule has 1 heterocycles. The second-order valence-electron chi connectivity index (χ2n) is 6.15. The fourth-order valence-electron chi connectivity index (χ4n) is 3.04. The van der Waals surface area contributed by atoms with E-state index in [1.165, 1.54) is 16.8 Å². The van der Waals surface area contributed by atoms with Gasteiger partial charge < -0.3 is 5.32 Å². The highest BCUT2D eigenvalue weighted by Crippen LogP contribution is 2.33. The van der Waals surface area contributed by atoms with Gasteiger partial charge in [0.05, 0.1) is 17.8 Å². The van der Waals surface area contributed by atoms with Crippen molar-refractivity contribution < 1.29 is 0 Å². The third-order valence-electron chi connectivity index (χ3n) is 4.46. The summed E-state index contributed by atoms with van der Waals surface area (Å²) in [6.45, 7) is 10.9. The molecule has 3 nitrogen and oxygen atoms in total. The van der Waals surface area contributed by atoms with Crippen LogP contribution in [0.15, 0.2) is 30.3 Å². The lowest BCUT2D eigenvalue weighted by Crippen LogP contribution is -2.32. The van der Waals surface area contributed by atoms with E-state index in [9.17, 15) is 0 Å². The number of benzene rings is 1. The van der Waals surface area contributed by atoms with Crippen molar-refractivity contribution in [2.24, 2.45) is 5.92 Å². The smallest absolute Gasteiger partial charge is 0.0739 e. The second-order valence-corrected chi connectivity index (χ2v) is 6.15. The van der Waals surface area contributed by atoms with E-state index in [4.69, 9.17) is 5.10 Å². The molecule has 0 aliphatic carbocycles. The molecule has 2 unspecified atom stereocenters. The Morgan fingerprint density at radius 2 is 1.67 bits per heavy atom. The molecule has 2 rings (SSSR count). The van der Waals surface area contributed by atoms with Crippen LogP contribution in [0.3, 0.4) is 0 Å². The first-order valence-electron chi connectivity index (χ1n) is 7.71. The van der Waals surface area contributed by atoms with Crippen molar-refractivity contribution in [1.29, 1.82) is 0 Å². The van der Waals surface area contributed by atoms with Gasteiger partial charge in [-0.3, -0.25) is 4.68 Å². The molecule has 3 heteroatoms. The van der Waals surface area contributed by atoms with E-state index < -0.39 is 0 Å². The first kappa shape index (κ1) is 15.8. The van der Waals surface area contributed by atoms with Crippen LogP contribution >= 0.6 is 0 Å². The fourth-order valence-corrected chi connectivity index (χ4v) is 3.04. The Balaban J connectivity index is 2.49. The monoisotopic (exact) mass is 285 g/mol. The molecule has 2 aromatic rings. The molecule has 0 amide bonds. The molecule has 21 heavy (non-hydrogen) atoms. The van der Waals surface area contributed by atoms with Gasteiger partial charge in [-0.25, -0.2) is 0 Å². The van der Waals surface area contributed by atoms with E-state index in [1.807, 2.05) is 7.05 Å². The SMILES string of the molecule is CNC(c1ccccc1)C(C(C)C)n1nc(C)c(C)c1C. The number of aryl methyl sites for hydroxylation is 1.